The van der Waals surface area contributed by atoms with E-state index in [0.717, 1.165) is 24.3 Å². The highest BCUT2D eigenvalue weighted by atomic mass is 35.5. The second-order valence-corrected chi connectivity index (χ2v) is 7.62. The molecule has 27 heavy (non-hydrogen) atoms. The van der Waals surface area contributed by atoms with Crippen molar-refractivity contribution < 1.29 is 27.2 Å². The van der Waals surface area contributed by atoms with Gasteiger partial charge in [-0.05, 0) is 42.5 Å². The van der Waals surface area contributed by atoms with E-state index in [1.54, 1.807) is 18.2 Å². The quantitative estimate of drug-likeness (QED) is 0.668. The van der Waals surface area contributed by atoms with Crippen LogP contribution >= 0.6 is 11.6 Å². The molecule has 0 spiro atoms. The van der Waals surface area contributed by atoms with E-state index in [-0.39, 0.29) is 11.4 Å². The van der Waals surface area contributed by atoms with Crippen molar-refractivity contribution in [3.8, 4) is 5.75 Å². The Balaban J connectivity index is 1.91. The molecule has 0 aliphatic rings. The van der Waals surface area contributed by atoms with Gasteiger partial charge in [-0.3, -0.25) is 9.63 Å². The van der Waals surface area contributed by atoms with Crippen LogP contribution in [0, 0.1) is 5.82 Å². The lowest BCUT2D eigenvalue weighted by atomic mass is 10.2. The number of carbonyl (C=O) groups excluding carboxylic acids is 1. The molecule has 0 fully saturated rings. The summed E-state index contributed by atoms with van der Waals surface area (Å²) in [6.07, 6.45) is 0. The zero-order valence-electron chi connectivity index (χ0n) is 14.6. The number of carbonyl (C=O) groups is 1. The van der Waals surface area contributed by atoms with Crippen LogP contribution < -0.4 is 9.62 Å². The number of hydrogen-bond donors (Lipinski definition) is 1. The standard InChI is InChI=1S/C17H18ClFN2O5S/c1-21(10-12-9-13(18)3-8-16(12)25-2)17(22)11-26-20-27(23,24)15-6-4-14(19)5-7-15/h3-9,20H,10-11H2,1-2H3. The summed E-state index contributed by atoms with van der Waals surface area (Å²) in [5.41, 5.74) is 0.688. The Bertz CT molecular complexity index is 906. The van der Waals surface area contributed by atoms with Gasteiger partial charge in [0.1, 0.15) is 18.2 Å². The number of likely N-dealkylation sites (N-methyl/N-ethyl adjacent to an activating group) is 1. The third-order valence-electron chi connectivity index (χ3n) is 3.56. The molecular weight excluding hydrogens is 399 g/mol. The largest absolute Gasteiger partial charge is 0.496 e. The van der Waals surface area contributed by atoms with Gasteiger partial charge in [0.15, 0.2) is 0 Å². The number of methoxy groups -OCH3 is 1. The fourth-order valence-corrected chi connectivity index (χ4v) is 3.15. The molecule has 0 aliphatic heterocycles. The maximum Gasteiger partial charge on any atom is 0.262 e. The molecule has 0 saturated heterocycles. The average Bonchev–Trinajstić information content (AvgIpc) is 2.62. The van der Waals surface area contributed by atoms with Crippen LogP contribution in [-0.2, 0) is 26.2 Å². The van der Waals surface area contributed by atoms with Gasteiger partial charge in [-0.1, -0.05) is 16.5 Å². The monoisotopic (exact) mass is 416 g/mol. The highest BCUT2D eigenvalue weighted by Gasteiger charge is 2.17. The molecule has 1 N–H and O–H groups in total. The number of sulfonamides is 1. The van der Waals surface area contributed by atoms with Gasteiger partial charge in [0.05, 0.1) is 12.0 Å². The summed E-state index contributed by atoms with van der Waals surface area (Å²) in [6.45, 7) is -0.337. The summed E-state index contributed by atoms with van der Waals surface area (Å²) >= 11 is 5.95. The van der Waals surface area contributed by atoms with Gasteiger partial charge < -0.3 is 9.64 Å². The molecule has 0 aromatic heterocycles. The van der Waals surface area contributed by atoms with Crippen molar-refractivity contribution in [1.82, 2.24) is 9.79 Å². The van der Waals surface area contributed by atoms with Gasteiger partial charge in [0, 0.05) is 24.2 Å². The normalized spacial score (nSPS) is 11.3. The maximum absolute atomic E-state index is 12.9. The molecule has 2 aromatic carbocycles. The van der Waals surface area contributed by atoms with Crippen molar-refractivity contribution in [2.45, 2.75) is 11.4 Å². The first-order chi connectivity index (χ1) is 12.7. The molecule has 0 radical (unpaired) electrons. The maximum atomic E-state index is 12.9. The van der Waals surface area contributed by atoms with E-state index in [4.69, 9.17) is 21.2 Å². The number of ether oxygens (including phenoxy) is 1. The highest BCUT2D eigenvalue weighted by molar-refractivity contribution is 7.89. The lowest BCUT2D eigenvalue weighted by molar-refractivity contribution is -0.136. The fourth-order valence-electron chi connectivity index (χ4n) is 2.16. The Morgan fingerprint density at radius 3 is 2.52 bits per heavy atom. The summed E-state index contributed by atoms with van der Waals surface area (Å²) in [5.74, 6) is -0.473. The Morgan fingerprint density at radius 2 is 1.89 bits per heavy atom. The van der Waals surface area contributed by atoms with Crippen molar-refractivity contribution in [3.05, 3.63) is 58.9 Å². The van der Waals surface area contributed by atoms with Crippen molar-refractivity contribution in [3.63, 3.8) is 0 Å². The second-order valence-electron chi connectivity index (χ2n) is 5.54. The highest BCUT2D eigenvalue weighted by Crippen LogP contribution is 2.23. The zero-order valence-corrected chi connectivity index (χ0v) is 16.2. The number of halogens is 2. The van der Waals surface area contributed by atoms with E-state index < -0.39 is 28.4 Å². The molecule has 2 aromatic rings. The number of amides is 1. The predicted molar refractivity (Wildman–Crippen MR) is 97.2 cm³/mol. The molecule has 0 heterocycles. The van der Waals surface area contributed by atoms with E-state index in [0.29, 0.717) is 16.3 Å². The molecule has 0 aliphatic carbocycles. The number of hydrogen-bond acceptors (Lipinski definition) is 5. The first-order valence-corrected chi connectivity index (χ1v) is 9.54. The number of nitrogens with one attached hydrogen (secondary N) is 1. The topological polar surface area (TPSA) is 84.9 Å². The Kier molecular flexibility index (Phi) is 7.14. The molecule has 146 valence electrons. The van der Waals surface area contributed by atoms with E-state index in [1.165, 1.54) is 19.1 Å². The molecule has 7 nitrogen and oxygen atoms in total. The van der Waals surface area contributed by atoms with Gasteiger partial charge in [-0.2, -0.15) is 0 Å². The molecular formula is C17H18ClFN2O5S. The molecule has 2 rings (SSSR count). The molecule has 0 unspecified atom stereocenters. The number of rotatable bonds is 8. The second kappa shape index (κ2) is 9.14. The van der Waals surface area contributed by atoms with E-state index >= 15 is 0 Å². The third-order valence-corrected chi connectivity index (χ3v) is 5.03. The van der Waals surface area contributed by atoms with Gasteiger partial charge in [0.2, 0.25) is 0 Å². The Labute approximate surface area is 161 Å². The summed E-state index contributed by atoms with van der Waals surface area (Å²) in [5, 5.41) is 0.495. The number of benzene rings is 2. The van der Waals surface area contributed by atoms with Crippen molar-refractivity contribution in [2.75, 3.05) is 20.8 Å². The van der Waals surface area contributed by atoms with Crippen molar-refractivity contribution in [1.29, 1.82) is 0 Å². The molecule has 1 amide bonds. The lowest BCUT2D eigenvalue weighted by Gasteiger charge is -2.19. The van der Waals surface area contributed by atoms with Crippen LogP contribution in [0.2, 0.25) is 5.02 Å². The Hall–Kier alpha value is -2.20. The van der Waals surface area contributed by atoms with Gasteiger partial charge in [-0.15, -0.1) is 0 Å². The molecule has 10 heteroatoms. The number of nitrogens with zero attached hydrogens (tertiary/aromatic N) is 1. The first kappa shape index (κ1) is 21.1. The average molecular weight is 417 g/mol. The van der Waals surface area contributed by atoms with E-state index in [9.17, 15) is 17.6 Å². The van der Waals surface area contributed by atoms with Crippen LogP contribution in [-0.4, -0.2) is 40.0 Å². The van der Waals surface area contributed by atoms with Gasteiger partial charge in [-0.25, -0.2) is 12.8 Å². The summed E-state index contributed by atoms with van der Waals surface area (Å²) < 4.78 is 42.1. The molecule has 0 bridgehead atoms. The fraction of sp³-hybridized carbons (Fsp3) is 0.235. The van der Waals surface area contributed by atoms with Gasteiger partial charge >= 0.3 is 0 Å². The Morgan fingerprint density at radius 1 is 1.22 bits per heavy atom. The van der Waals surface area contributed by atoms with E-state index in [2.05, 4.69) is 0 Å². The van der Waals surface area contributed by atoms with Crippen molar-refractivity contribution in [2.24, 2.45) is 0 Å². The molecule has 0 saturated carbocycles. The van der Waals surface area contributed by atoms with Crippen LogP contribution in [0.4, 0.5) is 4.39 Å². The van der Waals surface area contributed by atoms with Crippen molar-refractivity contribution >= 4 is 27.5 Å². The smallest absolute Gasteiger partial charge is 0.262 e. The summed E-state index contributed by atoms with van der Waals surface area (Å²) in [7, 11) is -0.990. The minimum atomic E-state index is -4.02. The van der Waals surface area contributed by atoms with E-state index in [1.807, 2.05) is 4.89 Å². The lowest BCUT2D eigenvalue weighted by Crippen LogP contribution is -2.34. The van der Waals surface area contributed by atoms with Crippen LogP contribution in [0.1, 0.15) is 5.56 Å². The van der Waals surface area contributed by atoms with Crippen LogP contribution in [0.15, 0.2) is 47.4 Å². The predicted octanol–water partition coefficient (Wildman–Crippen LogP) is 2.36. The van der Waals surface area contributed by atoms with Crippen LogP contribution in [0.5, 0.6) is 5.75 Å². The summed E-state index contributed by atoms with van der Waals surface area (Å²) in [6, 6.07) is 9.20. The van der Waals surface area contributed by atoms with Crippen LogP contribution in [0.25, 0.3) is 0 Å². The third kappa shape index (κ3) is 5.90. The van der Waals surface area contributed by atoms with Gasteiger partial charge in [0.25, 0.3) is 15.9 Å². The SMILES string of the molecule is COc1ccc(Cl)cc1CN(C)C(=O)CONS(=O)(=O)c1ccc(F)cc1. The minimum Gasteiger partial charge on any atom is -0.496 e. The first-order valence-electron chi connectivity index (χ1n) is 7.68. The summed E-state index contributed by atoms with van der Waals surface area (Å²) in [4.78, 5) is 19.9. The van der Waals surface area contributed by atoms with Crippen LogP contribution in [0.3, 0.4) is 0 Å². The molecule has 0 atom stereocenters. The minimum absolute atomic E-state index is 0.187. The zero-order chi connectivity index (χ0) is 20.0.